The summed E-state index contributed by atoms with van der Waals surface area (Å²) in [6.07, 6.45) is 1.98. The number of carbonyl (C=O) groups is 1. The monoisotopic (exact) mass is 252 g/mol. The average molecular weight is 253 g/mol. The molecule has 92 valence electrons. The fraction of sp³-hybridized carbons (Fsp3) is 0.357. The van der Waals surface area contributed by atoms with Crippen molar-refractivity contribution in [1.82, 2.24) is 0 Å². The zero-order valence-corrected chi connectivity index (χ0v) is 11.1. The molecule has 1 N–H and O–H groups in total. The molecule has 0 aliphatic carbocycles. The molecule has 0 aliphatic rings. The number of hydrogen-bond donors (Lipinski definition) is 1. The molecule has 0 spiro atoms. The summed E-state index contributed by atoms with van der Waals surface area (Å²) < 4.78 is 0. The predicted octanol–water partition coefficient (Wildman–Crippen LogP) is 4.24. The summed E-state index contributed by atoms with van der Waals surface area (Å²) in [5, 5.41) is 9.55. The van der Waals surface area contributed by atoms with Gasteiger partial charge in [-0.3, -0.25) is 0 Å². The maximum atomic E-state index is 10.8. The van der Waals surface area contributed by atoms with Gasteiger partial charge in [-0.05, 0) is 35.1 Å². The molecule has 0 atom stereocenters. The van der Waals surface area contributed by atoms with E-state index >= 15 is 0 Å². The van der Waals surface area contributed by atoms with Crippen molar-refractivity contribution in [1.29, 1.82) is 0 Å². The van der Waals surface area contributed by atoms with Gasteiger partial charge in [-0.2, -0.15) is 0 Å². The Bertz CT molecular complexity index is 425. The lowest BCUT2D eigenvalue weighted by Gasteiger charge is -2.20. The van der Waals surface area contributed by atoms with Crippen LogP contribution in [-0.2, 0) is 4.79 Å². The molecule has 0 amide bonds. The molecule has 3 heteroatoms. The molecule has 0 aromatic heterocycles. The number of benzene rings is 1. The summed E-state index contributed by atoms with van der Waals surface area (Å²) in [5.41, 5.74) is 1.77. The van der Waals surface area contributed by atoms with Gasteiger partial charge < -0.3 is 5.11 Å². The van der Waals surface area contributed by atoms with Gasteiger partial charge in [0.25, 0.3) is 0 Å². The van der Waals surface area contributed by atoms with Crippen molar-refractivity contribution in [2.45, 2.75) is 27.2 Å². The Balaban J connectivity index is 3.07. The topological polar surface area (TPSA) is 37.3 Å². The van der Waals surface area contributed by atoms with E-state index in [1.807, 2.05) is 12.1 Å². The highest BCUT2D eigenvalue weighted by Gasteiger charge is 2.15. The van der Waals surface area contributed by atoms with Crippen LogP contribution >= 0.6 is 11.6 Å². The van der Waals surface area contributed by atoms with Crippen LogP contribution in [0.15, 0.2) is 30.3 Å². The molecule has 1 aromatic carbocycles. The molecule has 0 unspecified atom stereocenters. The number of halogens is 1. The maximum Gasteiger partial charge on any atom is 0.328 e. The zero-order valence-electron chi connectivity index (χ0n) is 10.3. The minimum absolute atomic E-state index is 0.0426. The Morgan fingerprint density at radius 2 is 1.82 bits per heavy atom. The molecule has 0 heterocycles. The third-order valence-corrected chi connectivity index (χ3v) is 2.49. The molecule has 0 radical (unpaired) electrons. The number of aliphatic carboxylic acids is 1. The lowest BCUT2D eigenvalue weighted by Crippen LogP contribution is -2.07. The van der Waals surface area contributed by atoms with Crippen LogP contribution in [0.1, 0.15) is 32.8 Å². The van der Waals surface area contributed by atoms with Crippen LogP contribution in [0, 0.1) is 5.41 Å². The van der Waals surface area contributed by atoms with E-state index in [0.29, 0.717) is 11.4 Å². The third kappa shape index (κ3) is 5.05. The summed E-state index contributed by atoms with van der Waals surface area (Å²) in [6.45, 7) is 6.25. The van der Waals surface area contributed by atoms with Gasteiger partial charge in [-0.25, -0.2) is 4.79 Å². The first kappa shape index (κ1) is 13.8. The molecule has 0 saturated heterocycles. The molecular formula is C14H17ClO2. The van der Waals surface area contributed by atoms with E-state index in [2.05, 4.69) is 20.8 Å². The molecule has 0 saturated carbocycles. The van der Waals surface area contributed by atoms with Crippen molar-refractivity contribution in [2.75, 3.05) is 0 Å². The predicted molar refractivity (Wildman–Crippen MR) is 71.1 cm³/mol. The van der Waals surface area contributed by atoms with Gasteiger partial charge in [0.1, 0.15) is 0 Å². The molecule has 1 aromatic rings. The standard InChI is InChI=1S/C14H17ClO2/c1-14(2,3)9-11(8-13(16)17)10-4-6-12(15)7-5-10/h4-8H,9H2,1-3H3,(H,16,17)/b11-8-. The number of hydrogen-bond acceptors (Lipinski definition) is 1. The van der Waals surface area contributed by atoms with Crippen LogP contribution in [-0.4, -0.2) is 11.1 Å². The number of carboxylic acid groups (broad SMARTS) is 1. The van der Waals surface area contributed by atoms with Crippen molar-refractivity contribution < 1.29 is 9.90 Å². The van der Waals surface area contributed by atoms with Crippen LogP contribution in [0.4, 0.5) is 0 Å². The normalized spacial score (nSPS) is 12.6. The SMILES string of the molecule is CC(C)(C)C/C(=C/C(=O)O)c1ccc(Cl)cc1. The van der Waals surface area contributed by atoms with Gasteiger partial charge in [0.2, 0.25) is 0 Å². The van der Waals surface area contributed by atoms with Crippen LogP contribution in [0.25, 0.3) is 5.57 Å². The van der Waals surface area contributed by atoms with Gasteiger partial charge in [0.15, 0.2) is 0 Å². The minimum atomic E-state index is -0.917. The number of allylic oxidation sites excluding steroid dienone is 1. The summed E-state index contributed by atoms with van der Waals surface area (Å²) >= 11 is 5.82. The highest BCUT2D eigenvalue weighted by Crippen LogP contribution is 2.30. The Morgan fingerprint density at radius 1 is 1.29 bits per heavy atom. The van der Waals surface area contributed by atoms with Crippen LogP contribution < -0.4 is 0 Å². The van der Waals surface area contributed by atoms with E-state index in [1.54, 1.807) is 12.1 Å². The summed E-state index contributed by atoms with van der Waals surface area (Å²) in [4.78, 5) is 10.8. The van der Waals surface area contributed by atoms with Crippen LogP contribution in [0.3, 0.4) is 0 Å². The Hall–Kier alpha value is -1.28. The summed E-state index contributed by atoms with van der Waals surface area (Å²) in [6, 6.07) is 7.25. The number of carboxylic acids is 1. The first-order valence-corrected chi connectivity index (χ1v) is 5.85. The summed E-state index contributed by atoms with van der Waals surface area (Å²) in [5.74, 6) is -0.917. The van der Waals surface area contributed by atoms with Crippen molar-refractivity contribution >= 4 is 23.1 Å². The van der Waals surface area contributed by atoms with Crippen molar-refractivity contribution in [2.24, 2.45) is 5.41 Å². The quantitative estimate of drug-likeness (QED) is 0.817. The fourth-order valence-electron chi connectivity index (χ4n) is 1.62. The zero-order chi connectivity index (χ0) is 13.1. The van der Waals surface area contributed by atoms with E-state index in [9.17, 15) is 4.79 Å². The van der Waals surface area contributed by atoms with E-state index < -0.39 is 5.97 Å². The second-order valence-corrected chi connectivity index (χ2v) is 5.69. The Morgan fingerprint density at radius 3 is 2.24 bits per heavy atom. The van der Waals surface area contributed by atoms with Crippen molar-refractivity contribution in [3.8, 4) is 0 Å². The van der Waals surface area contributed by atoms with Crippen LogP contribution in [0.5, 0.6) is 0 Å². The molecular weight excluding hydrogens is 236 g/mol. The highest BCUT2D eigenvalue weighted by molar-refractivity contribution is 6.30. The van der Waals surface area contributed by atoms with Gasteiger partial charge in [-0.1, -0.05) is 44.5 Å². The smallest absolute Gasteiger partial charge is 0.328 e. The molecule has 2 nitrogen and oxygen atoms in total. The second kappa shape index (κ2) is 5.37. The summed E-state index contributed by atoms with van der Waals surface area (Å²) in [7, 11) is 0. The van der Waals surface area contributed by atoms with E-state index in [-0.39, 0.29) is 5.41 Å². The number of rotatable bonds is 3. The van der Waals surface area contributed by atoms with E-state index in [0.717, 1.165) is 11.1 Å². The van der Waals surface area contributed by atoms with Crippen molar-refractivity contribution in [3.05, 3.63) is 40.9 Å². The lowest BCUT2D eigenvalue weighted by molar-refractivity contribution is -0.131. The fourth-order valence-corrected chi connectivity index (χ4v) is 1.75. The van der Waals surface area contributed by atoms with Crippen LogP contribution in [0.2, 0.25) is 5.02 Å². The van der Waals surface area contributed by atoms with Crippen molar-refractivity contribution in [3.63, 3.8) is 0 Å². The average Bonchev–Trinajstić information content (AvgIpc) is 2.14. The van der Waals surface area contributed by atoms with Gasteiger partial charge in [0, 0.05) is 11.1 Å². The third-order valence-electron chi connectivity index (χ3n) is 2.23. The molecule has 1 rings (SSSR count). The Kier molecular flexibility index (Phi) is 4.35. The van der Waals surface area contributed by atoms with Gasteiger partial charge in [0.05, 0.1) is 0 Å². The molecule has 0 fully saturated rings. The van der Waals surface area contributed by atoms with Gasteiger partial charge in [-0.15, -0.1) is 0 Å². The second-order valence-electron chi connectivity index (χ2n) is 5.25. The highest BCUT2D eigenvalue weighted by atomic mass is 35.5. The Labute approximate surface area is 107 Å². The lowest BCUT2D eigenvalue weighted by atomic mass is 9.85. The molecule has 0 bridgehead atoms. The molecule has 17 heavy (non-hydrogen) atoms. The van der Waals surface area contributed by atoms with Gasteiger partial charge >= 0.3 is 5.97 Å². The first-order valence-electron chi connectivity index (χ1n) is 5.47. The van der Waals surface area contributed by atoms with E-state index in [1.165, 1.54) is 6.08 Å². The first-order chi connectivity index (χ1) is 7.78. The maximum absolute atomic E-state index is 10.8. The minimum Gasteiger partial charge on any atom is -0.478 e. The molecule has 0 aliphatic heterocycles. The van der Waals surface area contributed by atoms with E-state index in [4.69, 9.17) is 16.7 Å². The largest absolute Gasteiger partial charge is 0.478 e.